The van der Waals surface area contributed by atoms with E-state index in [0.717, 1.165) is 45.4 Å². The van der Waals surface area contributed by atoms with Gasteiger partial charge in [0, 0.05) is 37.1 Å². The molecule has 0 saturated carbocycles. The fourth-order valence-corrected chi connectivity index (χ4v) is 5.25. The predicted octanol–water partition coefficient (Wildman–Crippen LogP) is 3.32. The van der Waals surface area contributed by atoms with Crippen LogP contribution >= 0.6 is 23.1 Å². The van der Waals surface area contributed by atoms with Gasteiger partial charge in [0.1, 0.15) is 0 Å². The molecule has 0 spiro atoms. The number of aromatic nitrogens is 1. The van der Waals surface area contributed by atoms with Crippen molar-refractivity contribution in [2.45, 2.75) is 23.8 Å². The molecule has 0 radical (unpaired) electrons. The first kappa shape index (κ1) is 15.7. The Kier molecular flexibility index (Phi) is 4.76. The first-order valence-electron chi connectivity index (χ1n) is 8.35. The van der Waals surface area contributed by atoms with E-state index < -0.39 is 0 Å². The summed E-state index contributed by atoms with van der Waals surface area (Å²) < 4.78 is 6.78. The largest absolute Gasteiger partial charge is 0.379 e. The maximum atomic E-state index is 5.47. The standard InChI is InChI=1S/C17H23N3OS2/c1-22-14-3-2-4-15-16(14)18-17(23-15)20-7-5-13(6-8-20)19-9-11-21-12-10-19/h2-4,13H,5-12H2,1H3. The van der Waals surface area contributed by atoms with Crippen molar-refractivity contribution < 1.29 is 4.74 Å². The number of ether oxygens (including phenoxy) is 1. The number of hydrogen-bond donors (Lipinski definition) is 0. The van der Waals surface area contributed by atoms with Crippen LogP contribution in [0.1, 0.15) is 12.8 Å². The van der Waals surface area contributed by atoms with Gasteiger partial charge >= 0.3 is 0 Å². The number of fused-ring (bicyclic) bond motifs is 1. The average molecular weight is 350 g/mol. The van der Waals surface area contributed by atoms with Gasteiger partial charge in [0.2, 0.25) is 0 Å². The van der Waals surface area contributed by atoms with Crippen molar-refractivity contribution >= 4 is 38.4 Å². The van der Waals surface area contributed by atoms with Crippen LogP contribution in [0.2, 0.25) is 0 Å². The molecule has 0 bridgehead atoms. The molecule has 23 heavy (non-hydrogen) atoms. The van der Waals surface area contributed by atoms with E-state index >= 15 is 0 Å². The zero-order valence-electron chi connectivity index (χ0n) is 13.5. The van der Waals surface area contributed by atoms with Gasteiger partial charge in [0.05, 0.1) is 23.4 Å². The van der Waals surface area contributed by atoms with Gasteiger partial charge in [0.25, 0.3) is 0 Å². The average Bonchev–Trinajstić information content (AvgIpc) is 3.07. The molecule has 0 aliphatic carbocycles. The Labute approximate surface area is 145 Å². The summed E-state index contributed by atoms with van der Waals surface area (Å²) >= 11 is 3.62. The third-order valence-electron chi connectivity index (χ3n) is 4.89. The fraction of sp³-hybridized carbons (Fsp3) is 0.588. The second kappa shape index (κ2) is 6.97. The monoisotopic (exact) mass is 349 g/mol. The Balaban J connectivity index is 1.45. The van der Waals surface area contributed by atoms with Crippen LogP contribution in [0.25, 0.3) is 10.2 Å². The lowest BCUT2D eigenvalue weighted by Gasteiger charge is -2.40. The van der Waals surface area contributed by atoms with Gasteiger partial charge in [-0.05, 0) is 31.2 Å². The number of anilines is 1. The van der Waals surface area contributed by atoms with Crippen LogP contribution in [0, 0.1) is 0 Å². The minimum atomic E-state index is 0.728. The summed E-state index contributed by atoms with van der Waals surface area (Å²) in [5, 5.41) is 1.20. The summed E-state index contributed by atoms with van der Waals surface area (Å²) in [5.41, 5.74) is 1.18. The molecule has 0 atom stereocenters. The molecular weight excluding hydrogens is 326 g/mol. The summed E-state index contributed by atoms with van der Waals surface area (Å²) in [4.78, 5) is 11.3. The van der Waals surface area contributed by atoms with E-state index in [1.165, 1.54) is 33.1 Å². The van der Waals surface area contributed by atoms with Gasteiger partial charge in [-0.2, -0.15) is 0 Å². The zero-order valence-corrected chi connectivity index (χ0v) is 15.2. The molecule has 0 amide bonds. The molecule has 2 aliphatic rings. The first-order valence-corrected chi connectivity index (χ1v) is 10.4. The number of morpholine rings is 1. The van der Waals surface area contributed by atoms with Crippen molar-refractivity contribution in [2.24, 2.45) is 0 Å². The lowest BCUT2D eigenvalue weighted by Crippen LogP contribution is -2.49. The molecule has 0 unspecified atom stereocenters. The summed E-state index contributed by atoms with van der Waals surface area (Å²) in [6, 6.07) is 7.23. The molecule has 4 rings (SSSR count). The highest BCUT2D eigenvalue weighted by Gasteiger charge is 2.27. The Morgan fingerprint density at radius 3 is 2.70 bits per heavy atom. The van der Waals surface area contributed by atoms with Crippen LogP contribution in [0.15, 0.2) is 23.1 Å². The summed E-state index contributed by atoms with van der Waals surface area (Å²) in [6.07, 6.45) is 4.61. The maximum Gasteiger partial charge on any atom is 0.186 e. The van der Waals surface area contributed by atoms with Gasteiger partial charge in [-0.25, -0.2) is 4.98 Å². The predicted molar refractivity (Wildman–Crippen MR) is 99.0 cm³/mol. The second-order valence-electron chi connectivity index (χ2n) is 6.17. The molecule has 0 N–H and O–H groups in total. The van der Waals surface area contributed by atoms with Crippen LogP contribution < -0.4 is 4.90 Å². The second-order valence-corrected chi connectivity index (χ2v) is 8.03. The lowest BCUT2D eigenvalue weighted by atomic mass is 10.0. The highest BCUT2D eigenvalue weighted by Crippen LogP contribution is 2.35. The molecule has 2 aromatic rings. The van der Waals surface area contributed by atoms with E-state index in [0.29, 0.717) is 0 Å². The smallest absolute Gasteiger partial charge is 0.186 e. The Bertz CT molecular complexity index is 661. The van der Waals surface area contributed by atoms with Gasteiger partial charge in [0.15, 0.2) is 5.13 Å². The number of rotatable bonds is 3. The van der Waals surface area contributed by atoms with Gasteiger partial charge in [-0.3, -0.25) is 4.90 Å². The fourth-order valence-electron chi connectivity index (χ4n) is 3.58. The molecule has 124 valence electrons. The molecule has 6 heteroatoms. The summed E-state index contributed by atoms with van der Waals surface area (Å²) in [6.45, 7) is 6.24. The summed E-state index contributed by atoms with van der Waals surface area (Å²) in [5.74, 6) is 0. The van der Waals surface area contributed by atoms with E-state index in [1.54, 1.807) is 11.8 Å². The van der Waals surface area contributed by atoms with Crippen molar-refractivity contribution in [1.82, 2.24) is 9.88 Å². The van der Waals surface area contributed by atoms with Crippen molar-refractivity contribution in [1.29, 1.82) is 0 Å². The zero-order chi connectivity index (χ0) is 15.6. The van der Waals surface area contributed by atoms with Crippen LogP contribution in [-0.2, 0) is 4.74 Å². The van der Waals surface area contributed by atoms with E-state index in [-0.39, 0.29) is 0 Å². The van der Waals surface area contributed by atoms with E-state index in [9.17, 15) is 0 Å². The van der Waals surface area contributed by atoms with Crippen molar-refractivity contribution in [3.8, 4) is 0 Å². The number of thiazole rings is 1. The quantitative estimate of drug-likeness (QED) is 0.793. The number of nitrogens with zero attached hydrogens (tertiary/aromatic N) is 3. The first-order chi connectivity index (χ1) is 11.3. The highest BCUT2D eigenvalue weighted by atomic mass is 32.2. The lowest BCUT2D eigenvalue weighted by molar-refractivity contribution is 0.0115. The van der Waals surface area contributed by atoms with Gasteiger partial charge < -0.3 is 9.64 Å². The van der Waals surface area contributed by atoms with Gasteiger partial charge in [-0.15, -0.1) is 11.8 Å². The number of hydrogen-bond acceptors (Lipinski definition) is 6. The molecule has 4 nitrogen and oxygen atoms in total. The normalized spacial score (nSPS) is 21.2. The number of piperidine rings is 1. The van der Waals surface area contributed by atoms with Crippen molar-refractivity contribution in [2.75, 3.05) is 50.5 Å². The number of para-hydroxylation sites is 1. The van der Waals surface area contributed by atoms with E-state index in [1.807, 2.05) is 11.3 Å². The van der Waals surface area contributed by atoms with Crippen molar-refractivity contribution in [3.63, 3.8) is 0 Å². The van der Waals surface area contributed by atoms with Crippen LogP contribution in [0.3, 0.4) is 0 Å². The third-order valence-corrected chi connectivity index (χ3v) is 6.74. The van der Waals surface area contributed by atoms with Gasteiger partial charge in [-0.1, -0.05) is 17.4 Å². The molecule has 2 aliphatic heterocycles. The maximum absolute atomic E-state index is 5.47. The molecule has 1 aromatic heterocycles. The SMILES string of the molecule is CSc1cccc2sc(N3CCC(N4CCOCC4)CC3)nc12. The molecule has 3 heterocycles. The Morgan fingerprint density at radius 2 is 1.96 bits per heavy atom. The third kappa shape index (κ3) is 3.22. The Morgan fingerprint density at radius 1 is 1.17 bits per heavy atom. The molecular formula is C17H23N3OS2. The molecule has 2 fully saturated rings. The van der Waals surface area contributed by atoms with Crippen LogP contribution in [0.4, 0.5) is 5.13 Å². The number of thioether (sulfide) groups is 1. The van der Waals surface area contributed by atoms with Crippen LogP contribution in [-0.4, -0.2) is 61.6 Å². The highest BCUT2D eigenvalue weighted by molar-refractivity contribution is 7.98. The summed E-state index contributed by atoms with van der Waals surface area (Å²) in [7, 11) is 0. The van der Waals surface area contributed by atoms with Crippen molar-refractivity contribution in [3.05, 3.63) is 18.2 Å². The molecule has 1 aromatic carbocycles. The topological polar surface area (TPSA) is 28.6 Å². The Hall–Kier alpha value is -0.820. The van der Waals surface area contributed by atoms with E-state index in [4.69, 9.17) is 9.72 Å². The molecule has 2 saturated heterocycles. The van der Waals surface area contributed by atoms with E-state index in [2.05, 4.69) is 34.3 Å². The number of benzene rings is 1. The van der Waals surface area contributed by atoms with Crippen LogP contribution in [0.5, 0.6) is 0 Å². The minimum Gasteiger partial charge on any atom is -0.379 e. The minimum absolute atomic E-state index is 0.728.